The Bertz CT molecular complexity index is 235. The number of hydrogen-bond acceptors (Lipinski definition) is 3. The van der Waals surface area contributed by atoms with Gasteiger partial charge < -0.3 is 9.47 Å². The summed E-state index contributed by atoms with van der Waals surface area (Å²) in [4.78, 5) is 10.9. The molecule has 15 heavy (non-hydrogen) atoms. The molecule has 0 radical (unpaired) electrons. The summed E-state index contributed by atoms with van der Waals surface area (Å²) in [5.41, 5.74) is 0. The highest BCUT2D eigenvalue weighted by Crippen LogP contribution is 2.37. The smallest absolute Gasteiger partial charge is 0.438 e. The molecule has 1 aliphatic carbocycles. The number of methoxy groups -OCH3 is 1. The van der Waals surface area contributed by atoms with Crippen molar-refractivity contribution in [1.82, 2.24) is 0 Å². The Morgan fingerprint density at radius 1 is 1.47 bits per heavy atom. The second kappa shape index (κ2) is 5.79. The predicted molar refractivity (Wildman–Crippen MR) is 58.5 cm³/mol. The van der Waals surface area contributed by atoms with Gasteiger partial charge in [-0.05, 0) is 37.5 Å². The van der Waals surface area contributed by atoms with E-state index in [4.69, 9.17) is 4.74 Å². The first kappa shape index (κ1) is 12.1. The molecule has 0 aliphatic heterocycles. The summed E-state index contributed by atoms with van der Waals surface area (Å²) in [6.07, 6.45) is 6.04. The summed E-state index contributed by atoms with van der Waals surface area (Å²) < 4.78 is 9.46. The van der Waals surface area contributed by atoms with Crippen molar-refractivity contribution in [2.24, 2.45) is 17.8 Å². The molecule has 0 aromatic heterocycles. The average Bonchev–Trinajstić information content (AvgIpc) is 2.56. The third-order valence-corrected chi connectivity index (χ3v) is 3.01. The van der Waals surface area contributed by atoms with Crippen LogP contribution in [0.5, 0.6) is 0 Å². The van der Waals surface area contributed by atoms with Crippen LogP contribution in [0.25, 0.3) is 0 Å². The predicted octanol–water partition coefficient (Wildman–Crippen LogP) is 3.01. The molecule has 3 atom stereocenters. The molecule has 3 unspecified atom stereocenters. The van der Waals surface area contributed by atoms with Crippen molar-refractivity contribution in [3.63, 3.8) is 0 Å². The van der Waals surface area contributed by atoms with Gasteiger partial charge in [0.2, 0.25) is 0 Å². The Balaban J connectivity index is 2.41. The van der Waals surface area contributed by atoms with E-state index in [0.29, 0.717) is 18.4 Å². The van der Waals surface area contributed by atoms with Crippen molar-refractivity contribution in [2.75, 3.05) is 13.7 Å². The van der Waals surface area contributed by atoms with Gasteiger partial charge in [0.25, 0.3) is 0 Å². The lowest BCUT2D eigenvalue weighted by molar-refractivity contribution is 0.0568. The Hall–Kier alpha value is -0.990. The third kappa shape index (κ3) is 3.57. The van der Waals surface area contributed by atoms with E-state index in [-0.39, 0.29) is 0 Å². The highest BCUT2D eigenvalue weighted by atomic mass is 16.7. The molecule has 0 heterocycles. The molecule has 1 saturated carbocycles. The Kier molecular flexibility index (Phi) is 4.66. The van der Waals surface area contributed by atoms with Gasteiger partial charge in [-0.3, -0.25) is 0 Å². The quantitative estimate of drug-likeness (QED) is 0.533. The summed E-state index contributed by atoms with van der Waals surface area (Å²) in [6, 6.07) is 0. The number of carbonyl (C=O) groups is 1. The minimum absolute atomic E-state index is 0.454. The van der Waals surface area contributed by atoms with Gasteiger partial charge in [0.1, 0.15) is 0 Å². The highest BCUT2D eigenvalue weighted by molar-refractivity contribution is 5.59. The Morgan fingerprint density at radius 2 is 2.20 bits per heavy atom. The number of rotatable bonds is 3. The van der Waals surface area contributed by atoms with Crippen LogP contribution in [0.3, 0.4) is 0 Å². The van der Waals surface area contributed by atoms with E-state index >= 15 is 0 Å². The van der Waals surface area contributed by atoms with Crippen LogP contribution in [0.2, 0.25) is 0 Å². The lowest BCUT2D eigenvalue weighted by Crippen LogP contribution is -2.16. The van der Waals surface area contributed by atoms with Gasteiger partial charge in [0.05, 0.1) is 13.7 Å². The minimum Gasteiger partial charge on any atom is -0.438 e. The van der Waals surface area contributed by atoms with Gasteiger partial charge in [-0.15, -0.1) is 0 Å². The van der Waals surface area contributed by atoms with E-state index in [1.165, 1.54) is 13.5 Å². The highest BCUT2D eigenvalue weighted by Gasteiger charge is 2.31. The molecule has 1 aliphatic rings. The van der Waals surface area contributed by atoms with Gasteiger partial charge in [-0.2, -0.15) is 0 Å². The average molecular weight is 212 g/mol. The first-order valence-corrected chi connectivity index (χ1v) is 5.51. The van der Waals surface area contributed by atoms with Crippen LogP contribution in [-0.4, -0.2) is 19.9 Å². The maximum absolute atomic E-state index is 10.9. The van der Waals surface area contributed by atoms with E-state index in [0.717, 1.165) is 12.3 Å². The molecule has 3 nitrogen and oxygen atoms in total. The maximum atomic E-state index is 10.9. The van der Waals surface area contributed by atoms with Crippen molar-refractivity contribution < 1.29 is 14.3 Å². The zero-order chi connectivity index (χ0) is 11.3. The van der Waals surface area contributed by atoms with Crippen LogP contribution in [0.15, 0.2) is 12.2 Å². The number of allylic oxidation sites excluding steroid dienone is 2. The third-order valence-electron chi connectivity index (χ3n) is 3.01. The van der Waals surface area contributed by atoms with E-state index < -0.39 is 6.16 Å². The molecule has 86 valence electrons. The van der Waals surface area contributed by atoms with Crippen molar-refractivity contribution in [3.05, 3.63) is 12.2 Å². The van der Waals surface area contributed by atoms with Gasteiger partial charge in [-0.1, -0.05) is 19.1 Å². The standard InChI is InChI=1S/C12H20O3/c1-4-5-10-6-9(2)7-11(10)8-15-12(13)14-3/h4-5,9-11H,6-8H2,1-3H3/b5-4-. The van der Waals surface area contributed by atoms with Crippen molar-refractivity contribution >= 4 is 6.16 Å². The molecular weight excluding hydrogens is 192 g/mol. The van der Waals surface area contributed by atoms with E-state index in [9.17, 15) is 4.79 Å². The van der Waals surface area contributed by atoms with E-state index in [2.05, 4.69) is 23.8 Å². The van der Waals surface area contributed by atoms with E-state index in [1.54, 1.807) is 0 Å². The second-order valence-electron chi connectivity index (χ2n) is 4.29. The monoisotopic (exact) mass is 212 g/mol. The summed E-state index contributed by atoms with van der Waals surface area (Å²) in [6.45, 7) is 4.75. The molecular formula is C12H20O3. The lowest BCUT2D eigenvalue weighted by Gasteiger charge is -2.15. The first-order valence-electron chi connectivity index (χ1n) is 5.51. The number of ether oxygens (including phenoxy) is 2. The molecule has 0 aromatic rings. The van der Waals surface area contributed by atoms with Crippen LogP contribution in [0.4, 0.5) is 4.79 Å². The fourth-order valence-corrected chi connectivity index (χ4v) is 2.35. The normalized spacial score (nSPS) is 30.7. The van der Waals surface area contributed by atoms with Gasteiger partial charge >= 0.3 is 6.16 Å². The molecule has 0 saturated heterocycles. The molecule has 0 aromatic carbocycles. The summed E-state index contributed by atoms with van der Waals surface area (Å²) >= 11 is 0. The van der Waals surface area contributed by atoms with Crippen LogP contribution < -0.4 is 0 Å². The minimum atomic E-state index is -0.575. The molecule has 0 N–H and O–H groups in total. The zero-order valence-corrected chi connectivity index (χ0v) is 9.73. The van der Waals surface area contributed by atoms with Gasteiger partial charge in [0, 0.05) is 0 Å². The fraction of sp³-hybridized carbons (Fsp3) is 0.750. The SMILES string of the molecule is C/C=C\C1CC(C)CC1COC(=O)OC. The van der Waals surface area contributed by atoms with Gasteiger partial charge in [0.15, 0.2) is 0 Å². The maximum Gasteiger partial charge on any atom is 0.507 e. The fourth-order valence-electron chi connectivity index (χ4n) is 2.35. The molecule has 0 amide bonds. The van der Waals surface area contributed by atoms with E-state index in [1.807, 2.05) is 6.92 Å². The summed E-state index contributed by atoms with van der Waals surface area (Å²) in [7, 11) is 1.34. The second-order valence-corrected chi connectivity index (χ2v) is 4.29. The number of hydrogen-bond donors (Lipinski definition) is 0. The summed E-state index contributed by atoms with van der Waals surface area (Å²) in [5.74, 6) is 1.72. The Morgan fingerprint density at radius 3 is 2.80 bits per heavy atom. The molecule has 1 fully saturated rings. The molecule has 3 heteroatoms. The topological polar surface area (TPSA) is 35.5 Å². The lowest BCUT2D eigenvalue weighted by atomic mass is 9.97. The van der Waals surface area contributed by atoms with Crippen LogP contribution in [0.1, 0.15) is 26.7 Å². The zero-order valence-electron chi connectivity index (χ0n) is 9.73. The van der Waals surface area contributed by atoms with Crippen LogP contribution in [-0.2, 0) is 9.47 Å². The van der Waals surface area contributed by atoms with Crippen molar-refractivity contribution in [3.8, 4) is 0 Å². The first-order chi connectivity index (χ1) is 7.17. The van der Waals surface area contributed by atoms with Gasteiger partial charge in [-0.25, -0.2) is 4.79 Å². The summed E-state index contributed by atoms with van der Waals surface area (Å²) in [5, 5.41) is 0. The van der Waals surface area contributed by atoms with Crippen LogP contribution >= 0.6 is 0 Å². The largest absolute Gasteiger partial charge is 0.507 e. The Labute approximate surface area is 91.4 Å². The number of carbonyl (C=O) groups excluding carboxylic acids is 1. The molecule has 1 rings (SSSR count). The molecule has 0 spiro atoms. The molecule has 0 bridgehead atoms. The van der Waals surface area contributed by atoms with Crippen molar-refractivity contribution in [1.29, 1.82) is 0 Å². The van der Waals surface area contributed by atoms with Crippen LogP contribution in [0, 0.1) is 17.8 Å². The van der Waals surface area contributed by atoms with Crippen molar-refractivity contribution in [2.45, 2.75) is 26.7 Å².